The zero-order valence-corrected chi connectivity index (χ0v) is 17.9. The van der Waals surface area contributed by atoms with Gasteiger partial charge in [0.25, 0.3) is 17.7 Å². The van der Waals surface area contributed by atoms with Gasteiger partial charge in [-0.3, -0.25) is 19.7 Å². The van der Waals surface area contributed by atoms with E-state index in [0.717, 1.165) is 10.5 Å². The Morgan fingerprint density at radius 2 is 1.61 bits per heavy atom. The summed E-state index contributed by atoms with van der Waals surface area (Å²) in [5, 5.41) is 5.85. The molecule has 0 fully saturated rings. The van der Waals surface area contributed by atoms with Gasteiger partial charge in [-0.25, -0.2) is 4.90 Å². The van der Waals surface area contributed by atoms with Gasteiger partial charge in [-0.05, 0) is 67.2 Å². The minimum atomic E-state index is -0.445. The van der Waals surface area contributed by atoms with Crippen LogP contribution in [0.1, 0.15) is 36.6 Å². The largest absolute Gasteiger partial charge is 0.332 e. The number of fused-ring (bicyclic) bond motifs is 1. The number of nitrogens with zero attached hydrogens (tertiary/aromatic N) is 1. The van der Waals surface area contributed by atoms with Crippen molar-refractivity contribution in [3.8, 4) is 0 Å². The lowest BCUT2D eigenvalue weighted by Crippen LogP contribution is -2.34. The number of hydrogen-bond acceptors (Lipinski definition) is 4. The second kappa shape index (κ2) is 8.29. The average molecular weight is 450 g/mol. The third kappa shape index (κ3) is 4.05. The molecular weight excluding hydrogens is 434 g/mol. The third-order valence-corrected chi connectivity index (χ3v) is 5.27. The molecule has 3 amide bonds. The lowest BCUT2D eigenvalue weighted by Gasteiger charge is -2.16. The summed E-state index contributed by atoms with van der Waals surface area (Å²) >= 11 is 11.4. The molecule has 0 radical (unpaired) electrons. The van der Waals surface area contributed by atoms with Crippen LogP contribution >= 0.6 is 23.8 Å². The standard InChI is InChI=1S/C23H16ClN3O3S/c1-13-9-10-18(19(24)11-13)20(28)26-23(31)25-14-5-4-6-15(12-14)27-21(29)16-7-2-3-8-17(16)22(27)30/h2-12H,1H3,(H2,25,26,28,31). The first-order valence-corrected chi connectivity index (χ1v) is 10.1. The molecule has 3 aromatic rings. The van der Waals surface area contributed by atoms with Crippen LogP contribution in [0.3, 0.4) is 0 Å². The van der Waals surface area contributed by atoms with Crippen LogP contribution in [0.4, 0.5) is 11.4 Å². The summed E-state index contributed by atoms with van der Waals surface area (Å²) in [5.74, 6) is -1.22. The van der Waals surface area contributed by atoms with Crippen LogP contribution in [0, 0.1) is 6.92 Å². The molecule has 31 heavy (non-hydrogen) atoms. The molecule has 1 heterocycles. The molecule has 2 N–H and O–H groups in total. The summed E-state index contributed by atoms with van der Waals surface area (Å²) in [6.07, 6.45) is 0. The number of nitrogens with one attached hydrogen (secondary N) is 2. The number of carbonyl (C=O) groups is 3. The van der Waals surface area contributed by atoms with Crippen LogP contribution in [0.5, 0.6) is 0 Å². The van der Waals surface area contributed by atoms with Crippen molar-refractivity contribution in [3.63, 3.8) is 0 Å². The average Bonchev–Trinajstić information content (AvgIpc) is 2.98. The summed E-state index contributed by atoms with van der Waals surface area (Å²) in [6.45, 7) is 1.88. The van der Waals surface area contributed by atoms with Gasteiger partial charge in [-0.15, -0.1) is 0 Å². The van der Waals surface area contributed by atoms with Crippen molar-refractivity contribution < 1.29 is 14.4 Å². The van der Waals surface area contributed by atoms with Crippen LogP contribution in [0.2, 0.25) is 5.02 Å². The summed E-state index contributed by atoms with van der Waals surface area (Å²) in [4.78, 5) is 38.9. The Morgan fingerprint density at radius 3 is 2.26 bits per heavy atom. The predicted octanol–water partition coefficient (Wildman–Crippen LogP) is 4.58. The van der Waals surface area contributed by atoms with Gasteiger partial charge in [0, 0.05) is 5.69 Å². The van der Waals surface area contributed by atoms with Gasteiger partial charge in [0.15, 0.2) is 5.11 Å². The highest BCUT2D eigenvalue weighted by Crippen LogP contribution is 2.29. The smallest absolute Gasteiger partial charge is 0.266 e. The van der Waals surface area contributed by atoms with Crippen molar-refractivity contribution in [2.75, 3.05) is 10.2 Å². The third-order valence-electron chi connectivity index (χ3n) is 4.75. The molecule has 4 rings (SSSR count). The molecule has 8 heteroatoms. The Hall–Kier alpha value is -3.55. The minimum Gasteiger partial charge on any atom is -0.332 e. The highest BCUT2D eigenvalue weighted by molar-refractivity contribution is 7.80. The molecule has 0 aliphatic carbocycles. The number of carbonyl (C=O) groups excluding carboxylic acids is 3. The lowest BCUT2D eigenvalue weighted by molar-refractivity contribution is 0.0924. The second-order valence-electron chi connectivity index (χ2n) is 6.93. The highest BCUT2D eigenvalue weighted by atomic mass is 35.5. The maximum atomic E-state index is 12.7. The van der Waals surface area contributed by atoms with Crippen molar-refractivity contribution >= 4 is 58.0 Å². The van der Waals surface area contributed by atoms with Gasteiger partial charge in [0.05, 0.1) is 27.4 Å². The number of rotatable bonds is 3. The van der Waals surface area contributed by atoms with Crippen LogP contribution in [0.25, 0.3) is 0 Å². The summed E-state index contributed by atoms with van der Waals surface area (Å²) in [5.41, 5.74) is 2.87. The number of amides is 3. The zero-order valence-electron chi connectivity index (χ0n) is 16.3. The Balaban J connectivity index is 1.49. The Bertz CT molecular complexity index is 1220. The van der Waals surface area contributed by atoms with Gasteiger partial charge < -0.3 is 5.32 Å². The van der Waals surface area contributed by atoms with Crippen LogP contribution in [-0.4, -0.2) is 22.8 Å². The molecule has 154 valence electrons. The molecule has 1 aliphatic rings. The number of imide groups is 1. The molecule has 0 atom stereocenters. The van der Waals surface area contributed by atoms with E-state index in [1.54, 1.807) is 66.7 Å². The van der Waals surface area contributed by atoms with E-state index in [9.17, 15) is 14.4 Å². The Labute approximate surface area is 188 Å². The molecule has 1 aliphatic heterocycles. The monoisotopic (exact) mass is 449 g/mol. The first-order chi connectivity index (χ1) is 14.8. The quantitative estimate of drug-likeness (QED) is 0.452. The molecule has 3 aromatic carbocycles. The minimum absolute atomic E-state index is 0.0566. The van der Waals surface area contributed by atoms with E-state index in [4.69, 9.17) is 23.8 Å². The molecule has 0 aromatic heterocycles. The van der Waals surface area contributed by atoms with E-state index >= 15 is 0 Å². The lowest BCUT2D eigenvalue weighted by atomic mass is 10.1. The molecule has 0 spiro atoms. The van der Waals surface area contributed by atoms with E-state index < -0.39 is 5.91 Å². The van der Waals surface area contributed by atoms with Gasteiger partial charge in [-0.2, -0.15) is 0 Å². The molecule has 0 saturated carbocycles. The van der Waals surface area contributed by atoms with Crippen LogP contribution in [0.15, 0.2) is 66.7 Å². The van der Waals surface area contributed by atoms with Gasteiger partial charge in [0.1, 0.15) is 0 Å². The van der Waals surface area contributed by atoms with Crippen molar-refractivity contribution in [1.82, 2.24) is 5.32 Å². The first-order valence-electron chi connectivity index (χ1n) is 9.31. The number of aryl methyl sites for hydroxylation is 1. The van der Waals surface area contributed by atoms with E-state index in [2.05, 4.69) is 10.6 Å². The number of anilines is 2. The Morgan fingerprint density at radius 1 is 0.935 bits per heavy atom. The fourth-order valence-corrected chi connectivity index (χ4v) is 3.82. The maximum Gasteiger partial charge on any atom is 0.266 e. The van der Waals surface area contributed by atoms with Crippen LogP contribution in [-0.2, 0) is 0 Å². The van der Waals surface area contributed by atoms with Crippen LogP contribution < -0.4 is 15.5 Å². The van der Waals surface area contributed by atoms with E-state index in [1.165, 1.54) is 0 Å². The maximum absolute atomic E-state index is 12.7. The van der Waals surface area contributed by atoms with Gasteiger partial charge in [-0.1, -0.05) is 35.9 Å². The summed E-state index contributed by atoms with van der Waals surface area (Å²) in [6, 6.07) is 18.4. The number of thiocarbonyl (C=S) groups is 1. The first kappa shape index (κ1) is 20.7. The number of halogens is 1. The van der Waals surface area contributed by atoms with Crippen molar-refractivity contribution in [2.24, 2.45) is 0 Å². The summed E-state index contributed by atoms with van der Waals surface area (Å²) < 4.78 is 0. The Kier molecular flexibility index (Phi) is 5.54. The number of benzene rings is 3. The normalized spacial score (nSPS) is 12.5. The summed E-state index contributed by atoms with van der Waals surface area (Å²) in [7, 11) is 0. The molecule has 0 bridgehead atoms. The molecule has 0 unspecified atom stereocenters. The van der Waals surface area contributed by atoms with E-state index in [-0.39, 0.29) is 16.9 Å². The molecular formula is C23H16ClN3O3S. The molecule has 6 nitrogen and oxygen atoms in total. The van der Waals surface area contributed by atoms with Gasteiger partial charge >= 0.3 is 0 Å². The van der Waals surface area contributed by atoms with Crippen molar-refractivity contribution in [2.45, 2.75) is 6.92 Å². The molecule has 0 saturated heterocycles. The topological polar surface area (TPSA) is 78.5 Å². The SMILES string of the molecule is Cc1ccc(C(=O)NC(=S)Nc2cccc(N3C(=O)c4ccccc4C3=O)c2)c(Cl)c1. The highest BCUT2D eigenvalue weighted by Gasteiger charge is 2.36. The van der Waals surface area contributed by atoms with Crippen molar-refractivity contribution in [1.29, 1.82) is 0 Å². The van der Waals surface area contributed by atoms with E-state index in [1.807, 2.05) is 6.92 Å². The van der Waals surface area contributed by atoms with Gasteiger partial charge in [0.2, 0.25) is 0 Å². The number of hydrogen-bond donors (Lipinski definition) is 2. The predicted molar refractivity (Wildman–Crippen MR) is 124 cm³/mol. The zero-order chi connectivity index (χ0) is 22.1. The van der Waals surface area contributed by atoms with Crippen molar-refractivity contribution in [3.05, 3.63) is 94.0 Å². The fourth-order valence-electron chi connectivity index (χ4n) is 3.28. The van der Waals surface area contributed by atoms with E-state index in [0.29, 0.717) is 33.1 Å². The second-order valence-corrected chi connectivity index (χ2v) is 7.75. The fraction of sp³-hybridized carbons (Fsp3) is 0.0435.